The summed E-state index contributed by atoms with van der Waals surface area (Å²) in [7, 11) is 0. The summed E-state index contributed by atoms with van der Waals surface area (Å²) in [4.78, 5) is 12.9. The molecular formula is C19H12Cl2N4O. The minimum Gasteiger partial charge on any atom is -0.508 e. The molecule has 0 saturated carbocycles. The highest BCUT2D eigenvalue weighted by Gasteiger charge is 2.15. The summed E-state index contributed by atoms with van der Waals surface area (Å²) >= 11 is 12.4. The van der Waals surface area contributed by atoms with E-state index in [0.717, 1.165) is 16.7 Å². The molecule has 0 amide bonds. The van der Waals surface area contributed by atoms with Crippen molar-refractivity contribution in [3.63, 3.8) is 0 Å². The Balaban J connectivity index is 2.04. The van der Waals surface area contributed by atoms with Crippen LogP contribution in [-0.2, 0) is 0 Å². The lowest BCUT2D eigenvalue weighted by Gasteiger charge is -2.12. The highest BCUT2D eigenvalue weighted by molar-refractivity contribution is 6.36. The van der Waals surface area contributed by atoms with Crippen molar-refractivity contribution in [1.82, 2.24) is 15.0 Å². The van der Waals surface area contributed by atoms with Crippen LogP contribution < -0.4 is 5.73 Å². The van der Waals surface area contributed by atoms with Gasteiger partial charge in [0.1, 0.15) is 17.9 Å². The number of nitrogen functional groups attached to an aromatic ring is 1. The van der Waals surface area contributed by atoms with Gasteiger partial charge in [0.25, 0.3) is 0 Å². The molecule has 0 aliphatic heterocycles. The number of fused-ring (bicyclic) bond motifs is 1. The van der Waals surface area contributed by atoms with Gasteiger partial charge < -0.3 is 10.8 Å². The molecule has 26 heavy (non-hydrogen) atoms. The van der Waals surface area contributed by atoms with E-state index in [9.17, 15) is 5.11 Å². The number of phenols is 1. The first-order valence-corrected chi connectivity index (χ1v) is 8.44. The molecular weight excluding hydrogens is 371 g/mol. The highest BCUT2D eigenvalue weighted by Crippen LogP contribution is 2.38. The molecule has 4 aromatic rings. The summed E-state index contributed by atoms with van der Waals surface area (Å²) in [6, 6.07) is 13.9. The minimum atomic E-state index is 0.182. The first-order chi connectivity index (χ1) is 12.5. The molecule has 2 aromatic carbocycles. The second kappa shape index (κ2) is 6.44. The van der Waals surface area contributed by atoms with Crippen LogP contribution in [0.25, 0.3) is 33.4 Å². The average molecular weight is 383 g/mol. The zero-order valence-electron chi connectivity index (χ0n) is 13.3. The smallest absolute Gasteiger partial charge is 0.165 e. The monoisotopic (exact) mass is 382 g/mol. The lowest BCUT2D eigenvalue weighted by molar-refractivity contribution is 0.475. The Morgan fingerprint density at radius 2 is 1.65 bits per heavy atom. The third-order valence-electron chi connectivity index (χ3n) is 4.02. The quantitative estimate of drug-likeness (QED) is 0.511. The van der Waals surface area contributed by atoms with Crippen molar-refractivity contribution in [3.05, 3.63) is 64.9 Å². The number of nitrogens with two attached hydrogens (primary N) is 1. The van der Waals surface area contributed by atoms with Gasteiger partial charge in [0.15, 0.2) is 5.65 Å². The Bertz CT molecular complexity index is 1130. The van der Waals surface area contributed by atoms with Gasteiger partial charge in [-0.1, -0.05) is 29.3 Å². The van der Waals surface area contributed by atoms with E-state index in [4.69, 9.17) is 28.9 Å². The number of anilines is 1. The van der Waals surface area contributed by atoms with Crippen molar-refractivity contribution in [2.75, 3.05) is 5.73 Å². The maximum Gasteiger partial charge on any atom is 0.165 e. The normalized spacial score (nSPS) is 11.0. The topological polar surface area (TPSA) is 84.9 Å². The van der Waals surface area contributed by atoms with Gasteiger partial charge >= 0.3 is 0 Å². The van der Waals surface area contributed by atoms with Crippen LogP contribution in [0.4, 0.5) is 5.82 Å². The van der Waals surface area contributed by atoms with Crippen molar-refractivity contribution in [3.8, 4) is 28.1 Å². The summed E-state index contributed by atoms with van der Waals surface area (Å²) < 4.78 is 0. The maximum absolute atomic E-state index is 9.52. The number of phenolic OH excluding ortho intramolecular Hbond substituents is 1. The van der Waals surface area contributed by atoms with Gasteiger partial charge in [-0.2, -0.15) is 0 Å². The predicted octanol–water partition coefficient (Wildman–Crippen LogP) is 4.95. The molecule has 7 heteroatoms. The molecule has 0 aliphatic rings. The van der Waals surface area contributed by atoms with E-state index in [1.54, 1.807) is 36.4 Å². The Labute approximate surface area is 159 Å². The molecule has 0 aliphatic carbocycles. The third-order valence-corrected chi connectivity index (χ3v) is 4.57. The van der Waals surface area contributed by atoms with E-state index in [1.165, 1.54) is 6.33 Å². The van der Waals surface area contributed by atoms with Gasteiger partial charge in [-0.05, 0) is 42.5 Å². The van der Waals surface area contributed by atoms with E-state index in [2.05, 4.69) is 15.0 Å². The summed E-state index contributed by atoms with van der Waals surface area (Å²) in [6.45, 7) is 0. The van der Waals surface area contributed by atoms with E-state index >= 15 is 0 Å². The number of aromatic hydroxyl groups is 1. The van der Waals surface area contributed by atoms with E-state index in [-0.39, 0.29) is 5.75 Å². The van der Waals surface area contributed by atoms with Gasteiger partial charge in [-0.15, -0.1) is 0 Å². The molecule has 0 fully saturated rings. The van der Waals surface area contributed by atoms with Crippen LogP contribution in [0.1, 0.15) is 0 Å². The number of hydrogen-bond acceptors (Lipinski definition) is 5. The van der Waals surface area contributed by atoms with E-state index < -0.39 is 0 Å². The molecule has 4 rings (SSSR count). The molecule has 0 saturated heterocycles. The van der Waals surface area contributed by atoms with Crippen LogP contribution in [0, 0.1) is 0 Å². The van der Waals surface area contributed by atoms with Crippen LogP contribution in [0.2, 0.25) is 10.0 Å². The van der Waals surface area contributed by atoms with Crippen LogP contribution >= 0.6 is 23.2 Å². The first kappa shape index (κ1) is 16.6. The first-order valence-electron chi connectivity index (χ1n) is 7.69. The number of aromatic nitrogens is 3. The summed E-state index contributed by atoms with van der Waals surface area (Å²) in [6.07, 6.45) is 1.37. The van der Waals surface area contributed by atoms with Crippen molar-refractivity contribution >= 4 is 40.1 Å². The van der Waals surface area contributed by atoms with Crippen LogP contribution in [0.15, 0.2) is 54.9 Å². The molecule has 5 nitrogen and oxygen atoms in total. The summed E-state index contributed by atoms with van der Waals surface area (Å²) in [5.74, 6) is 0.503. The highest BCUT2D eigenvalue weighted by atomic mass is 35.5. The van der Waals surface area contributed by atoms with E-state index in [0.29, 0.717) is 32.6 Å². The lowest BCUT2D eigenvalue weighted by Crippen LogP contribution is -1.99. The zero-order chi connectivity index (χ0) is 18.3. The van der Waals surface area contributed by atoms with Crippen molar-refractivity contribution in [1.29, 1.82) is 0 Å². The second-order valence-electron chi connectivity index (χ2n) is 5.68. The molecule has 2 aromatic heterocycles. The lowest BCUT2D eigenvalue weighted by atomic mass is 9.99. The largest absolute Gasteiger partial charge is 0.508 e. The minimum absolute atomic E-state index is 0.182. The van der Waals surface area contributed by atoms with Crippen molar-refractivity contribution < 1.29 is 5.11 Å². The van der Waals surface area contributed by atoms with Gasteiger partial charge in [0.2, 0.25) is 0 Å². The molecule has 0 unspecified atom stereocenters. The van der Waals surface area contributed by atoms with Crippen molar-refractivity contribution in [2.24, 2.45) is 0 Å². The Kier molecular flexibility index (Phi) is 4.11. The number of benzene rings is 2. The number of pyridine rings is 1. The Morgan fingerprint density at radius 3 is 2.38 bits per heavy atom. The second-order valence-corrected chi connectivity index (χ2v) is 6.53. The average Bonchev–Trinajstić information content (AvgIpc) is 2.62. The number of hydrogen-bond donors (Lipinski definition) is 2. The molecule has 2 heterocycles. The molecule has 0 bridgehead atoms. The summed E-state index contributed by atoms with van der Waals surface area (Å²) in [5, 5.41) is 11.2. The zero-order valence-corrected chi connectivity index (χ0v) is 14.8. The van der Waals surface area contributed by atoms with Gasteiger partial charge in [0.05, 0.1) is 11.1 Å². The maximum atomic E-state index is 9.52. The number of nitrogens with zero attached hydrogens (tertiary/aromatic N) is 3. The molecule has 3 N–H and O–H groups in total. The van der Waals surface area contributed by atoms with Crippen molar-refractivity contribution in [2.45, 2.75) is 0 Å². The fraction of sp³-hybridized carbons (Fsp3) is 0. The standard InChI is InChI=1S/C19H12Cl2N4O/c20-11-3-6-13(15(21)7-11)14-8-16(10-1-4-12(26)5-2-10)25-19-17(14)18(22)23-9-24-19/h1-9,26H,(H2,22,23,24,25). The SMILES string of the molecule is Nc1ncnc2nc(-c3ccc(O)cc3)cc(-c3ccc(Cl)cc3Cl)c12. The molecule has 0 spiro atoms. The van der Waals surface area contributed by atoms with Gasteiger partial charge in [-0.25, -0.2) is 15.0 Å². The number of halogens is 2. The summed E-state index contributed by atoms with van der Waals surface area (Å²) in [5.41, 5.74) is 9.57. The van der Waals surface area contributed by atoms with Crippen LogP contribution in [-0.4, -0.2) is 20.1 Å². The van der Waals surface area contributed by atoms with Gasteiger partial charge in [-0.3, -0.25) is 0 Å². The van der Waals surface area contributed by atoms with E-state index in [1.807, 2.05) is 12.1 Å². The Morgan fingerprint density at radius 1 is 0.885 bits per heavy atom. The fourth-order valence-corrected chi connectivity index (χ4v) is 3.30. The third kappa shape index (κ3) is 2.92. The van der Waals surface area contributed by atoms with Gasteiger partial charge in [0, 0.05) is 26.7 Å². The van der Waals surface area contributed by atoms with Crippen LogP contribution in [0.5, 0.6) is 5.75 Å². The van der Waals surface area contributed by atoms with Crippen LogP contribution in [0.3, 0.4) is 0 Å². The Hall–Kier alpha value is -2.89. The predicted molar refractivity (Wildman–Crippen MR) is 104 cm³/mol. The molecule has 128 valence electrons. The molecule has 0 radical (unpaired) electrons. The molecule has 0 atom stereocenters. The number of rotatable bonds is 2. The fourth-order valence-electron chi connectivity index (χ4n) is 2.79.